The summed E-state index contributed by atoms with van der Waals surface area (Å²) in [6.45, 7) is 1.93. The summed E-state index contributed by atoms with van der Waals surface area (Å²) in [5.41, 5.74) is 0. The van der Waals surface area contributed by atoms with Crippen LogP contribution in [0.2, 0.25) is 0 Å². The van der Waals surface area contributed by atoms with Crippen LogP contribution in [0.4, 0.5) is 0 Å². The fraction of sp³-hybridized carbons (Fsp3) is 0.100. The van der Waals surface area contributed by atoms with Crippen molar-refractivity contribution in [1.82, 2.24) is 0 Å². The first kappa shape index (κ1) is 19.4. The molecule has 0 saturated carbocycles. The molecule has 3 aromatic carbocycles. The Bertz CT molecular complexity index is 716. The zero-order valence-corrected chi connectivity index (χ0v) is 18.0. The molecule has 3 aromatic rings. The van der Waals surface area contributed by atoms with Crippen LogP contribution in [-0.2, 0) is 27.3 Å². The summed E-state index contributed by atoms with van der Waals surface area (Å²) < 4.78 is 32.7. The summed E-state index contributed by atoms with van der Waals surface area (Å²) in [4.78, 5) is 0. The topological polar surface area (TPSA) is 58.9 Å². The van der Waals surface area contributed by atoms with Crippen LogP contribution in [0.25, 0.3) is 0 Å². The van der Waals surface area contributed by atoms with Gasteiger partial charge in [-0.3, -0.25) is 0 Å². The Morgan fingerprint density at radius 3 is 1.35 bits per heavy atom. The summed E-state index contributed by atoms with van der Waals surface area (Å²) >= 11 is -5.16. The Kier molecular flexibility index (Phi) is 6.35. The molecule has 0 saturated heterocycles. The predicted octanol–water partition coefficient (Wildman–Crippen LogP) is 1.51. The summed E-state index contributed by atoms with van der Waals surface area (Å²) in [7, 11) is -3.13. The average Bonchev–Trinajstić information content (AvgIpc) is 2.68. The van der Waals surface area contributed by atoms with E-state index in [-0.39, 0.29) is 6.61 Å². The summed E-state index contributed by atoms with van der Waals surface area (Å²) in [5, 5.41) is 2.84. The molecule has 0 spiro atoms. The molecule has 6 heteroatoms. The Morgan fingerprint density at radius 1 is 0.692 bits per heavy atom. The van der Waals surface area contributed by atoms with Crippen LogP contribution in [0.5, 0.6) is 0 Å². The molecule has 0 unspecified atom stereocenters. The second-order valence-electron chi connectivity index (χ2n) is 5.86. The standard InChI is InChI=1S/C18H15OSi.C2H5O.2H2O.Zr/c19-20(16-10-4-1-5-11-16,17-12-6-2-7-13-17)18-14-8-3-9-15-18;1-2-3;;;/h1-15H;2H2,1H3;2*1H2;/q2*-1;;;+4/p-2. The van der Waals surface area contributed by atoms with E-state index in [1.807, 2.05) is 91.0 Å². The van der Waals surface area contributed by atoms with E-state index in [4.69, 9.17) is 5.32 Å². The Labute approximate surface area is 161 Å². The molecular formula is C20H22O4SiZr. The van der Waals surface area contributed by atoms with Gasteiger partial charge >= 0.3 is 162 Å². The van der Waals surface area contributed by atoms with Crippen LogP contribution in [0.3, 0.4) is 0 Å². The quantitative estimate of drug-likeness (QED) is 0.428. The molecule has 0 aliphatic rings. The maximum absolute atomic E-state index is 10.6. The molecule has 4 nitrogen and oxygen atoms in total. The first-order valence-corrected chi connectivity index (χ1v) is 14.7. The molecule has 0 fully saturated rings. The van der Waals surface area contributed by atoms with Crippen molar-refractivity contribution in [2.75, 3.05) is 6.61 Å². The molecule has 0 radical (unpaired) electrons. The number of hydrogen-bond donors (Lipinski definition) is 2. The zero-order chi connectivity index (χ0) is 18.5. The number of hydrogen-bond acceptors (Lipinski definition) is 4. The molecule has 0 atom stereocenters. The van der Waals surface area contributed by atoms with Gasteiger partial charge < -0.3 is 0 Å². The zero-order valence-electron chi connectivity index (χ0n) is 14.6. The van der Waals surface area contributed by atoms with Gasteiger partial charge in [-0.1, -0.05) is 0 Å². The maximum atomic E-state index is 10.6. The molecule has 134 valence electrons. The van der Waals surface area contributed by atoms with Crippen LogP contribution in [0, 0.1) is 0 Å². The van der Waals surface area contributed by atoms with Crippen molar-refractivity contribution in [3.63, 3.8) is 0 Å². The molecule has 0 amide bonds. The summed E-state index contributed by atoms with van der Waals surface area (Å²) in [6, 6.07) is 29.4. The van der Waals surface area contributed by atoms with Gasteiger partial charge in [0.25, 0.3) is 0 Å². The first-order valence-electron chi connectivity index (χ1n) is 8.54. The predicted molar refractivity (Wildman–Crippen MR) is 101 cm³/mol. The molecule has 26 heavy (non-hydrogen) atoms. The van der Waals surface area contributed by atoms with Gasteiger partial charge in [0.05, 0.1) is 0 Å². The molecule has 0 aliphatic carbocycles. The Balaban J connectivity index is 2.28. The van der Waals surface area contributed by atoms with Gasteiger partial charge in [0.2, 0.25) is 0 Å². The Hall–Kier alpha value is -1.40. The number of rotatable bonds is 7. The average molecular weight is 446 g/mol. The van der Waals surface area contributed by atoms with E-state index < -0.39 is 30.3 Å². The minimum absolute atomic E-state index is 0.200. The van der Waals surface area contributed by atoms with E-state index in [1.54, 1.807) is 6.92 Å². The van der Waals surface area contributed by atoms with Crippen molar-refractivity contribution in [2.45, 2.75) is 6.92 Å². The monoisotopic (exact) mass is 444 g/mol. The second kappa shape index (κ2) is 8.53. The van der Waals surface area contributed by atoms with Crippen LogP contribution in [0.15, 0.2) is 91.0 Å². The van der Waals surface area contributed by atoms with E-state index in [2.05, 4.69) is 0 Å². The second-order valence-corrected chi connectivity index (χ2v) is 14.1. The van der Waals surface area contributed by atoms with Gasteiger partial charge in [-0.05, 0) is 0 Å². The van der Waals surface area contributed by atoms with Gasteiger partial charge in [0.15, 0.2) is 0 Å². The van der Waals surface area contributed by atoms with Crippen LogP contribution < -0.4 is 15.6 Å². The van der Waals surface area contributed by atoms with Crippen molar-refractivity contribution >= 4 is 23.9 Å². The molecule has 0 aromatic heterocycles. The molecular weight excluding hydrogens is 424 g/mol. The molecule has 2 N–H and O–H groups in total. The van der Waals surface area contributed by atoms with Crippen molar-refractivity contribution in [3.05, 3.63) is 91.0 Å². The van der Waals surface area contributed by atoms with Crippen molar-refractivity contribution in [1.29, 1.82) is 0 Å². The SMILES string of the molecule is CC[O][Zr]([OH])([OH])[O][Si](c1ccccc1)(c1ccccc1)c1ccccc1. The van der Waals surface area contributed by atoms with E-state index >= 15 is 0 Å². The molecule has 3 rings (SSSR count). The van der Waals surface area contributed by atoms with Gasteiger partial charge in [-0.15, -0.1) is 0 Å². The van der Waals surface area contributed by atoms with Gasteiger partial charge in [0.1, 0.15) is 0 Å². The van der Waals surface area contributed by atoms with E-state index in [0.29, 0.717) is 0 Å². The normalized spacial score (nSPS) is 12.1. The fourth-order valence-corrected chi connectivity index (χ4v) is 13.8. The van der Waals surface area contributed by atoms with Crippen LogP contribution in [0.1, 0.15) is 6.92 Å². The fourth-order valence-electron chi connectivity index (χ4n) is 3.11. The van der Waals surface area contributed by atoms with Crippen molar-refractivity contribution in [2.24, 2.45) is 0 Å². The van der Waals surface area contributed by atoms with E-state index in [1.165, 1.54) is 0 Å². The van der Waals surface area contributed by atoms with Gasteiger partial charge in [-0.2, -0.15) is 0 Å². The summed E-state index contributed by atoms with van der Waals surface area (Å²) in [5.74, 6) is 0. The van der Waals surface area contributed by atoms with Crippen LogP contribution >= 0.6 is 0 Å². The molecule has 0 bridgehead atoms. The number of benzene rings is 3. The van der Waals surface area contributed by atoms with Crippen LogP contribution in [-0.4, -0.2) is 21.3 Å². The third-order valence-electron chi connectivity index (χ3n) is 4.16. The minimum atomic E-state index is -5.16. The van der Waals surface area contributed by atoms with E-state index in [0.717, 1.165) is 15.6 Å². The molecule has 0 aliphatic heterocycles. The third-order valence-corrected chi connectivity index (χ3v) is 14.0. The summed E-state index contributed by atoms with van der Waals surface area (Å²) in [6.07, 6.45) is 0. The van der Waals surface area contributed by atoms with Gasteiger partial charge in [-0.25, -0.2) is 0 Å². The van der Waals surface area contributed by atoms with E-state index in [9.17, 15) is 6.37 Å². The van der Waals surface area contributed by atoms with Crippen molar-refractivity contribution < 1.29 is 33.7 Å². The van der Waals surface area contributed by atoms with Gasteiger partial charge in [0, 0.05) is 0 Å². The Morgan fingerprint density at radius 2 is 1.04 bits per heavy atom. The molecule has 0 heterocycles. The third kappa shape index (κ3) is 4.12. The first-order chi connectivity index (χ1) is 12.6. The van der Waals surface area contributed by atoms with Crippen molar-refractivity contribution in [3.8, 4) is 0 Å².